The van der Waals surface area contributed by atoms with Crippen LogP contribution in [0.2, 0.25) is 0 Å². The quantitative estimate of drug-likeness (QED) is 0.722. The fourth-order valence-corrected chi connectivity index (χ4v) is 2.46. The van der Waals surface area contributed by atoms with Gasteiger partial charge in [-0.25, -0.2) is 0 Å². The second-order valence-electron chi connectivity index (χ2n) is 4.45. The average Bonchev–Trinajstić information content (AvgIpc) is 2.30. The minimum Gasteiger partial charge on any atom is -0.398 e. The van der Waals surface area contributed by atoms with Gasteiger partial charge in [0.1, 0.15) is 0 Å². The van der Waals surface area contributed by atoms with Gasteiger partial charge in [-0.2, -0.15) is 0 Å². The van der Waals surface area contributed by atoms with E-state index in [2.05, 4.69) is 12.6 Å². The molecule has 1 aliphatic carbocycles. The molecular formula is C14H19N. The zero-order valence-corrected chi connectivity index (χ0v) is 9.21. The highest BCUT2D eigenvalue weighted by atomic mass is 14.6. The maximum Gasteiger partial charge on any atom is 0.0390 e. The molecule has 0 aromatic heterocycles. The summed E-state index contributed by atoms with van der Waals surface area (Å²) in [5.41, 5.74) is 9.24. The number of hydrogen-bond acceptors (Lipinski definition) is 1. The molecule has 80 valence electrons. The van der Waals surface area contributed by atoms with Crippen molar-refractivity contribution in [1.82, 2.24) is 0 Å². The normalized spacial score (nSPS) is 17.6. The number of nitrogen functional groups attached to an aromatic ring is 1. The Morgan fingerprint density at radius 3 is 2.47 bits per heavy atom. The third-order valence-corrected chi connectivity index (χ3v) is 3.40. The molecule has 0 bridgehead atoms. The van der Waals surface area contributed by atoms with Crippen LogP contribution in [0.15, 0.2) is 30.8 Å². The molecule has 15 heavy (non-hydrogen) atoms. The highest BCUT2D eigenvalue weighted by Crippen LogP contribution is 2.35. The Morgan fingerprint density at radius 1 is 1.13 bits per heavy atom. The molecule has 2 N–H and O–H groups in total. The van der Waals surface area contributed by atoms with Crippen molar-refractivity contribution in [3.05, 3.63) is 36.4 Å². The van der Waals surface area contributed by atoms with Crippen molar-refractivity contribution in [2.24, 2.45) is 5.92 Å². The van der Waals surface area contributed by atoms with Crippen LogP contribution in [0.1, 0.15) is 37.7 Å². The summed E-state index contributed by atoms with van der Waals surface area (Å²) in [6, 6.07) is 8.07. The molecule has 1 heteroatoms. The van der Waals surface area contributed by atoms with Gasteiger partial charge < -0.3 is 5.73 Å². The molecule has 0 unspecified atom stereocenters. The van der Waals surface area contributed by atoms with Crippen LogP contribution in [0.3, 0.4) is 0 Å². The van der Waals surface area contributed by atoms with E-state index in [0.717, 1.165) is 11.3 Å². The van der Waals surface area contributed by atoms with Gasteiger partial charge in [0.15, 0.2) is 0 Å². The molecule has 2 rings (SSSR count). The summed E-state index contributed by atoms with van der Waals surface area (Å²) < 4.78 is 0. The molecule has 1 saturated carbocycles. The molecule has 0 amide bonds. The van der Waals surface area contributed by atoms with Gasteiger partial charge in [-0.3, -0.25) is 0 Å². The number of benzene rings is 1. The topological polar surface area (TPSA) is 26.0 Å². The monoisotopic (exact) mass is 201 g/mol. The van der Waals surface area contributed by atoms with Gasteiger partial charge in [-0.1, -0.05) is 44.0 Å². The van der Waals surface area contributed by atoms with Crippen LogP contribution in [-0.2, 0) is 0 Å². The van der Waals surface area contributed by atoms with Crippen LogP contribution in [0, 0.1) is 5.92 Å². The van der Waals surface area contributed by atoms with Gasteiger partial charge >= 0.3 is 0 Å². The van der Waals surface area contributed by atoms with E-state index in [0.29, 0.717) is 5.92 Å². The van der Waals surface area contributed by atoms with Crippen LogP contribution >= 0.6 is 0 Å². The average molecular weight is 201 g/mol. The Bertz CT molecular complexity index is 348. The Hall–Kier alpha value is -1.24. The summed E-state index contributed by atoms with van der Waals surface area (Å²) in [6.07, 6.45) is 6.64. The summed E-state index contributed by atoms with van der Waals surface area (Å²) in [5.74, 6) is 0.656. The molecule has 1 fully saturated rings. The number of para-hydroxylation sites is 1. The van der Waals surface area contributed by atoms with E-state index in [1.807, 2.05) is 18.2 Å². The largest absolute Gasteiger partial charge is 0.398 e. The number of anilines is 1. The Balaban J connectivity index is 2.16. The van der Waals surface area contributed by atoms with E-state index in [4.69, 9.17) is 5.73 Å². The molecule has 0 spiro atoms. The second-order valence-corrected chi connectivity index (χ2v) is 4.45. The minimum absolute atomic E-state index is 0.656. The smallest absolute Gasteiger partial charge is 0.0390 e. The van der Waals surface area contributed by atoms with Crippen molar-refractivity contribution >= 4 is 11.3 Å². The third kappa shape index (κ3) is 2.23. The van der Waals surface area contributed by atoms with E-state index < -0.39 is 0 Å². The summed E-state index contributed by atoms with van der Waals surface area (Å²) in [7, 11) is 0. The molecule has 0 atom stereocenters. The van der Waals surface area contributed by atoms with Crippen LogP contribution in [0.5, 0.6) is 0 Å². The second kappa shape index (κ2) is 4.52. The van der Waals surface area contributed by atoms with Crippen LogP contribution in [0.25, 0.3) is 5.57 Å². The maximum atomic E-state index is 5.97. The number of rotatable bonds is 2. The molecule has 0 radical (unpaired) electrons. The van der Waals surface area contributed by atoms with Gasteiger partial charge in [0, 0.05) is 11.3 Å². The van der Waals surface area contributed by atoms with E-state index in [9.17, 15) is 0 Å². The lowest BCUT2D eigenvalue weighted by molar-refractivity contribution is 0.430. The van der Waals surface area contributed by atoms with Gasteiger partial charge in [-0.15, -0.1) is 0 Å². The first-order valence-corrected chi connectivity index (χ1v) is 5.82. The minimum atomic E-state index is 0.656. The summed E-state index contributed by atoms with van der Waals surface area (Å²) in [6.45, 7) is 4.23. The van der Waals surface area contributed by atoms with Gasteiger partial charge in [0.2, 0.25) is 0 Å². The molecule has 1 aliphatic rings. The van der Waals surface area contributed by atoms with Crippen molar-refractivity contribution in [3.63, 3.8) is 0 Å². The molecule has 1 aromatic carbocycles. The van der Waals surface area contributed by atoms with E-state index in [1.54, 1.807) is 0 Å². The first kappa shape index (κ1) is 10.3. The van der Waals surface area contributed by atoms with E-state index >= 15 is 0 Å². The number of hydrogen-bond donors (Lipinski definition) is 1. The zero-order valence-electron chi connectivity index (χ0n) is 9.21. The standard InChI is InChI=1S/C14H19N/c1-11(12-7-3-2-4-8-12)13-9-5-6-10-14(13)15/h5-6,9-10,12H,1-4,7-8,15H2. The summed E-state index contributed by atoms with van der Waals surface area (Å²) in [5, 5.41) is 0. The summed E-state index contributed by atoms with van der Waals surface area (Å²) >= 11 is 0. The molecule has 0 heterocycles. The predicted molar refractivity (Wildman–Crippen MR) is 66.5 cm³/mol. The van der Waals surface area contributed by atoms with Gasteiger partial charge in [-0.05, 0) is 30.4 Å². The van der Waals surface area contributed by atoms with Gasteiger partial charge in [0.05, 0.1) is 0 Å². The number of nitrogens with two attached hydrogens (primary N) is 1. The molecular weight excluding hydrogens is 182 g/mol. The highest BCUT2D eigenvalue weighted by molar-refractivity contribution is 5.74. The number of allylic oxidation sites excluding steroid dienone is 1. The SMILES string of the molecule is C=C(c1ccccc1N)C1CCCCC1. The van der Waals surface area contributed by atoms with Crippen LogP contribution < -0.4 is 5.73 Å². The zero-order chi connectivity index (χ0) is 10.7. The fourth-order valence-electron chi connectivity index (χ4n) is 2.46. The Labute approximate surface area is 92.0 Å². The predicted octanol–water partition coefficient (Wildman–Crippen LogP) is 3.86. The highest BCUT2D eigenvalue weighted by Gasteiger charge is 2.18. The van der Waals surface area contributed by atoms with Crippen molar-refractivity contribution in [2.75, 3.05) is 5.73 Å². The van der Waals surface area contributed by atoms with Crippen molar-refractivity contribution in [3.8, 4) is 0 Å². The third-order valence-electron chi connectivity index (χ3n) is 3.40. The van der Waals surface area contributed by atoms with E-state index in [1.165, 1.54) is 37.7 Å². The maximum absolute atomic E-state index is 5.97. The molecule has 0 saturated heterocycles. The Morgan fingerprint density at radius 2 is 1.80 bits per heavy atom. The molecule has 1 aromatic rings. The van der Waals surface area contributed by atoms with E-state index in [-0.39, 0.29) is 0 Å². The van der Waals surface area contributed by atoms with Crippen LogP contribution in [-0.4, -0.2) is 0 Å². The fraction of sp³-hybridized carbons (Fsp3) is 0.429. The molecule has 0 aliphatic heterocycles. The van der Waals surface area contributed by atoms with Crippen LogP contribution in [0.4, 0.5) is 5.69 Å². The first-order chi connectivity index (χ1) is 7.29. The summed E-state index contributed by atoms with van der Waals surface area (Å²) in [4.78, 5) is 0. The first-order valence-electron chi connectivity index (χ1n) is 5.82. The lowest BCUT2D eigenvalue weighted by Gasteiger charge is -2.24. The lowest BCUT2D eigenvalue weighted by Crippen LogP contribution is -2.08. The molecule has 1 nitrogen and oxygen atoms in total. The Kier molecular flexibility index (Phi) is 3.10. The lowest BCUT2D eigenvalue weighted by atomic mass is 9.81. The van der Waals surface area contributed by atoms with Crippen molar-refractivity contribution in [1.29, 1.82) is 0 Å². The van der Waals surface area contributed by atoms with Crippen molar-refractivity contribution in [2.45, 2.75) is 32.1 Å². The van der Waals surface area contributed by atoms with Gasteiger partial charge in [0.25, 0.3) is 0 Å². The van der Waals surface area contributed by atoms with Crippen molar-refractivity contribution < 1.29 is 0 Å².